The Morgan fingerprint density at radius 3 is 2.40 bits per heavy atom. The number of phenolic OH excluding ortho intramolecular Hbond substituents is 1. The Hall–Kier alpha value is -2.37. The largest absolute Gasteiger partial charge is 0.507 e. The van der Waals surface area contributed by atoms with Crippen molar-refractivity contribution in [3.63, 3.8) is 0 Å². The molecule has 0 spiro atoms. The smallest absolute Gasteiger partial charge is 0.124 e. The molecule has 1 aliphatic heterocycles. The Kier molecular flexibility index (Phi) is 5.68. The lowest BCUT2D eigenvalue weighted by atomic mass is 10.1. The van der Waals surface area contributed by atoms with Crippen LogP contribution in [0.15, 0.2) is 47.5 Å². The first-order valence-corrected chi connectivity index (χ1v) is 8.67. The van der Waals surface area contributed by atoms with E-state index in [-0.39, 0.29) is 12.4 Å². The molecule has 0 saturated carbocycles. The molecule has 5 heteroatoms. The first kappa shape index (κ1) is 17.5. The number of aliphatic hydroxyl groups excluding tert-OH is 1. The lowest BCUT2D eigenvalue weighted by molar-refractivity contribution is 0.189. The van der Waals surface area contributed by atoms with E-state index < -0.39 is 0 Å². The summed E-state index contributed by atoms with van der Waals surface area (Å²) in [5.74, 6) is 0.251. The normalized spacial score (nSPS) is 15.8. The van der Waals surface area contributed by atoms with Gasteiger partial charge in [0.2, 0.25) is 0 Å². The number of aliphatic hydroxyl groups is 1. The Labute approximate surface area is 148 Å². The summed E-state index contributed by atoms with van der Waals surface area (Å²) in [4.78, 5) is 9.09. The molecule has 0 unspecified atom stereocenters. The van der Waals surface area contributed by atoms with Crippen molar-refractivity contribution in [3.8, 4) is 5.75 Å². The third-order valence-electron chi connectivity index (χ3n) is 4.54. The van der Waals surface area contributed by atoms with Crippen LogP contribution < -0.4 is 4.90 Å². The van der Waals surface area contributed by atoms with Crippen molar-refractivity contribution in [1.82, 2.24) is 4.90 Å². The lowest BCUT2D eigenvalue weighted by Gasteiger charge is -2.35. The third kappa shape index (κ3) is 4.59. The average Bonchev–Trinajstić information content (AvgIpc) is 2.62. The molecule has 0 aliphatic carbocycles. The molecular formula is C20H25N3O2. The summed E-state index contributed by atoms with van der Waals surface area (Å²) in [7, 11) is 0. The van der Waals surface area contributed by atoms with Gasteiger partial charge >= 0.3 is 0 Å². The SMILES string of the molecule is Cc1ccc(C=Nc2ccc(N3CCN(CCO)CC3)cc2)c(O)c1. The number of anilines is 1. The van der Waals surface area contributed by atoms with Crippen molar-refractivity contribution in [2.24, 2.45) is 4.99 Å². The fourth-order valence-electron chi connectivity index (χ4n) is 3.03. The second kappa shape index (κ2) is 8.14. The maximum absolute atomic E-state index is 9.93. The highest BCUT2D eigenvalue weighted by Gasteiger charge is 2.16. The van der Waals surface area contributed by atoms with Gasteiger partial charge in [0, 0.05) is 50.2 Å². The summed E-state index contributed by atoms with van der Waals surface area (Å²) in [5.41, 5.74) is 3.80. The van der Waals surface area contributed by atoms with Gasteiger partial charge in [-0.2, -0.15) is 0 Å². The van der Waals surface area contributed by atoms with Gasteiger partial charge in [-0.25, -0.2) is 0 Å². The molecule has 1 heterocycles. The quantitative estimate of drug-likeness (QED) is 0.822. The zero-order valence-corrected chi connectivity index (χ0v) is 14.6. The summed E-state index contributed by atoms with van der Waals surface area (Å²) < 4.78 is 0. The van der Waals surface area contributed by atoms with Crippen LogP contribution in [-0.2, 0) is 0 Å². The number of hydrogen-bond donors (Lipinski definition) is 2. The predicted octanol–water partition coefficient (Wildman–Crippen LogP) is 2.57. The fourth-order valence-corrected chi connectivity index (χ4v) is 3.03. The van der Waals surface area contributed by atoms with Gasteiger partial charge in [-0.15, -0.1) is 0 Å². The minimum absolute atomic E-state index is 0.225. The monoisotopic (exact) mass is 339 g/mol. The number of hydrogen-bond acceptors (Lipinski definition) is 5. The van der Waals surface area contributed by atoms with Crippen molar-refractivity contribution in [1.29, 1.82) is 0 Å². The van der Waals surface area contributed by atoms with Gasteiger partial charge in [-0.1, -0.05) is 6.07 Å². The van der Waals surface area contributed by atoms with E-state index in [1.807, 2.05) is 31.2 Å². The topological polar surface area (TPSA) is 59.3 Å². The molecule has 0 radical (unpaired) electrons. The van der Waals surface area contributed by atoms with E-state index in [4.69, 9.17) is 5.11 Å². The van der Waals surface area contributed by atoms with Crippen molar-refractivity contribution >= 4 is 17.6 Å². The molecule has 2 aromatic rings. The van der Waals surface area contributed by atoms with Gasteiger partial charge in [0.25, 0.3) is 0 Å². The molecule has 0 amide bonds. The zero-order valence-electron chi connectivity index (χ0n) is 14.6. The van der Waals surface area contributed by atoms with Crippen molar-refractivity contribution in [3.05, 3.63) is 53.6 Å². The number of aryl methyl sites for hydroxylation is 1. The second-order valence-electron chi connectivity index (χ2n) is 6.39. The van der Waals surface area contributed by atoms with Crippen LogP contribution >= 0.6 is 0 Å². The first-order valence-electron chi connectivity index (χ1n) is 8.67. The number of nitrogens with zero attached hydrogens (tertiary/aromatic N) is 3. The molecule has 0 atom stereocenters. The molecule has 3 rings (SSSR count). The molecule has 25 heavy (non-hydrogen) atoms. The van der Waals surface area contributed by atoms with Crippen molar-refractivity contribution in [2.45, 2.75) is 6.92 Å². The summed E-state index contributed by atoms with van der Waals surface area (Å²) in [5, 5.41) is 18.9. The van der Waals surface area contributed by atoms with Gasteiger partial charge in [0.15, 0.2) is 0 Å². The minimum Gasteiger partial charge on any atom is -0.507 e. The lowest BCUT2D eigenvalue weighted by Crippen LogP contribution is -2.47. The van der Waals surface area contributed by atoms with E-state index in [0.29, 0.717) is 0 Å². The predicted molar refractivity (Wildman–Crippen MR) is 102 cm³/mol. The average molecular weight is 339 g/mol. The van der Waals surface area contributed by atoms with Crippen LogP contribution in [0.5, 0.6) is 5.75 Å². The maximum Gasteiger partial charge on any atom is 0.124 e. The van der Waals surface area contributed by atoms with Crippen LogP contribution in [-0.4, -0.2) is 60.7 Å². The highest BCUT2D eigenvalue weighted by molar-refractivity contribution is 5.85. The Balaban J connectivity index is 1.61. The van der Waals surface area contributed by atoms with Crippen LogP contribution in [0, 0.1) is 6.92 Å². The second-order valence-corrected chi connectivity index (χ2v) is 6.39. The number of aromatic hydroxyl groups is 1. The molecule has 5 nitrogen and oxygen atoms in total. The number of rotatable bonds is 5. The molecule has 132 valence electrons. The maximum atomic E-state index is 9.93. The Morgan fingerprint density at radius 1 is 1.04 bits per heavy atom. The number of piperazine rings is 1. The highest BCUT2D eigenvalue weighted by Crippen LogP contribution is 2.22. The van der Waals surface area contributed by atoms with Crippen LogP contribution in [0.4, 0.5) is 11.4 Å². The number of benzene rings is 2. The number of phenols is 1. The first-order chi connectivity index (χ1) is 12.2. The molecule has 1 saturated heterocycles. The van der Waals surface area contributed by atoms with Gasteiger partial charge in [-0.3, -0.25) is 9.89 Å². The molecule has 2 N–H and O–H groups in total. The summed E-state index contributed by atoms with van der Waals surface area (Å²) in [6.45, 7) is 6.83. The van der Waals surface area contributed by atoms with Crippen LogP contribution in [0.25, 0.3) is 0 Å². The van der Waals surface area contributed by atoms with E-state index in [1.165, 1.54) is 5.69 Å². The van der Waals surface area contributed by atoms with Crippen molar-refractivity contribution in [2.75, 3.05) is 44.2 Å². The van der Waals surface area contributed by atoms with Crippen LogP contribution in [0.3, 0.4) is 0 Å². The molecule has 0 aromatic heterocycles. The molecule has 2 aromatic carbocycles. The summed E-state index contributed by atoms with van der Waals surface area (Å²) in [6, 6.07) is 13.7. The third-order valence-corrected chi connectivity index (χ3v) is 4.54. The molecular weight excluding hydrogens is 314 g/mol. The van der Waals surface area contributed by atoms with E-state index in [2.05, 4.69) is 26.9 Å². The van der Waals surface area contributed by atoms with Gasteiger partial charge in [0.05, 0.1) is 12.3 Å². The van der Waals surface area contributed by atoms with Gasteiger partial charge in [-0.05, 0) is 48.9 Å². The van der Waals surface area contributed by atoms with Crippen molar-refractivity contribution < 1.29 is 10.2 Å². The van der Waals surface area contributed by atoms with Gasteiger partial charge < -0.3 is 15.1 Å². The van der Waals surface area contributed by atoms with E-state index in [1.54, 1.807) is 12.3 Å². The molecule has 1 aliphatic rings. The highest BCUT2D eigenvalue weighted by atomic mass is 16.3. The van der Waals surface area contributed by atoms with E-state index >= 15 is 0 Å². The van der Waals surface area contributed by atoms with Crippen LogP contribution in [0.1, 0.15) is 11.1 Å². The Bertz CT molecular complexity index is 720. The van der Waals surface area contributed by atoms with E-state index in [9.17, 15) is 5.11 Å². The van der Waals surface area contributed by atoms with Crippen LogP contribution in [0.2, 0.25) is 0 Å². The molecule has 1 fully saturated rings. The zero-order chi connectivity index (χ0) is 17.6. The Morgan fingerprint density at radius 2 is 1.76 bits per heavy atom. The van der Waals surface area contributed by atoms with Gasteiger partial charge in [0.1, 0.15) is 5.75 Å². The fraction of sp³-hybridized carbons (Fsp3) is 0.350. The standard InChI is InChI=1S/C20H25N3O2/c1-16-2-3-17(20(25)14-16)15-21-18-4-6-19(7-5-18)23-10-8-22(9-11-23)12-13-24/h2-7,14-15,24-25H,8-13H2,1H3. The summed E-state index contributed by atoms with van der Waals surface area (Å²) >= 11 is 0. The molecule has 0 bridgehead atoms. The number of β-amino-alcohol motifs (C(OH)–C–C–N with tert-alkyl or cyclic N) is 1. The number of aliphatic imine (C=N–C) groups is 1. The minimum atomic E-state index is 0.225. The van der Waals surface area contributed by atoms with E-state index in [0.717, 1.165) is 49.5 Å². The summed E-state index contributed by atoms with van der Waals surface area (Å²) in [6.07, 6.45) is 1.69.